The highest BCUT2D eigenvalue weighted by Gasteiger charge is 2.36. The number of halogens is 1. The molecule has 0 spiro atoms. The van der Waals surface area contributed by atoms with Crippen molar-refractivity contribution in [3.05, 3.63) is 70.4 Å². The third-order valence-electron chi connectivity index (χ3n) is 3.86. The Balaban J connectivity index is 1.69. The zero-order chi connectivity index (χ0) is 20.1. The van der Waals surface area contributed by atoms with Crippen LogP contribution in [0.25, 0.3) is 6.08 Å². The monoisotopic (exact) mass is 401 g/mol. The molecule has 0 aliphatic carbocycles. The number of thioether (sulfide) groups is 1. The molecule has 1 saturated heterocycles. The van der Waals surface area contributed by atoms with Crippen LogP contribution in [0.5, 0.6) is 5.75 Å². The number of ether oxygens (including phenoxy) is 2. The van der Waals surface area contributed by atoms with Gasteiger partial charge in [-0.05, 0) is 53.2 Å². The number of hydrogen-bond acceptors (Lipinski definition) is 6. The molecule has 0 N–H and O–H groups in total. The molecule has 2 aromatic carbocycles. The average Bonchev–Trinajstić information content (AvgIpc) is 2.95. The predicted molar refractivity (Wildman–Crippen MR) is 102 cm³/mol. The summed E-state index contributed by atoms with van der Waals surface area (Å²) < 4.78 is 23.1. The Kier molecular flexibility index (Phi) is 6.10. The van der Waals surface area contributed by atoms with Gasteiger partial charge >= 0.3 is 5.97 Å². The van der Waals surface area contributed by atoms with Gasteiger partial charge in [-0.1, -0.05) is 24.3 Å². The second-order valence-corrected chi connectivity index (χ2v) is 6.82. The molecule has 2 amide bonds. The highest BCUT2D eigenvalue weighted by Crippen LogP contribution is 2.32. The van der Waals surface area contributed by atoms with E-state index in [0.717, 1.165) is 22.2 Å². The maximum atomic E-state index is 12.9. The normalized spacial score (nSPS) is 15.2. The Hall–Kier alpha value is -3.13. The van der Waals surface area contributed by atoms with Crippen molar-refractivity contribution >= 4 is 35.0 Å². The number of benzene rings is 2. The van der Waals surface area contributed by atoms with Crippen LogP contribution >= 0.6 is 11.8 Å². The summed E-state index contributed by atoms with van der Waals surface area (Å²) in [7, 11) is 1.19. The molecule has 28 heavy (non-hydrogen) atoms. The lowest BCUT2D eigenvalue weighted by Crippen LogP contribution is -2.34. The van der Waals surface area contributed by atoms with Crippen LogP contribution < -0.4 is 4.74 Å². The van der Waals surface area contributed by atoms with Crippen LogP contribution in [0.15, 0.2) is 53.4 Å². The lowest BCUT2D eigenvalue weighted by molar-refractivity contribution is -0.143. The van der Waals surface area contributed by atoms with Gasteiger partial charge < -0.3 is 9.47 Å². The van der Waals surface area contributed by atoms with Crippen LogP contribution in [-0.4, -0.2) is 35.7 Å². The molecular formula is C20H16FNO5S. The van der Waals surface area contributed by atoms with Crippen molar-refractivity contribution in [2.24, 2.45) is 0 Å². The number of hydrogen-bond donors (Lipinski definition) is 0. The zero-order valence-corrected chi connectivity index (χ0v) is 15.7. The first-order chi connectivity index (χ1) is 13.5. The second kappa shape index (κ2) is 8.71. The molecule has 144 valence electrons. The predicted octanol–water partition coefficient (Wildman–Crippen LogP) is 3.61. The number of amides is 2. The van der Waals surface area contributed by atoms with E-state index in [0.29, 0.717) is 11.3 Å². The van der Waals surface area contributed by atoms with Crippen LogP contribution in [0.2, 0.25) is 0 Å². The van der Waals surface area contributed by atoms with Crippen LogP contribution in [0.4, 0.5) is 9.18 Å². The first-order valence-electron chi connectivity index (χ1n) is 8.26. The van der Waals surface area contributed by atoms with E-state index >= 15 is 0 Å². The van der Waals surface area contributed by atoms with Crippen molar-refractivity contribution in [1.29, 1.82) is 0 Å². The fraction of sp³-hybridized carbons (Fsp3) is 0.150. The molecule has 0 unspecified atom stereocenters. The van der Waals surface area contributed by atoms with Gasteiger partial charge in [0.25, 0.3) is 11.1 Å². The third-order valence-corrected chi connectivity index (χ3v) is 4.77. The van der Waals surface area contributed by atoms with Crippen LogP contribution in [0, 0.1) is 5.82 Å². The molecule has 1 fully saturated rings. The van der Waals surface area contributed by atoms with Gasteiger partial charge in [0.1, 0.15) is 24.7 Å². The van der Waals surface area contributed by atoms with Crippen molar-refractivity contribution in [3.8, 4) is 5.75 Å². The number of imide groups is 1. The third kappa shape index (κ3) is 4.77. The molecule has 3 rings (SSSR count). The van der Waals surface area contributed by atoms with Gasteiger partial charge in [-0.15, -0.1) is 0 Å². The van der Waals surface area contributed by atoms with Crippen molar-refractivity contribution in [2.75, 3.05) is 13.7 Å². The van der Waals surface area contributed by atoms with Gasteiger partial charge in [-0.2, -0.15) is 0 Å². The van der Waals surface area contributed by atoms with Crippen molar-refractivity contribution in [2.45, 2.75) is 6.61 Å². The summed E-state index contributed by atoms with van der Waals surface area (Å²) in [6.45, 7) is -0.154. The highest BCUT2D eigenvalue weighted by molar-refractivity contribution is 8.18. The van der Waals surface area contributed by atoms with E-state index in [1.54, 1.807) is 42.5 Å². The van der Waals surface area contributed by atoms with Gasteiger partial charge in [-0.3, -0.25) is 19.3 Å². The van der Waals surface area contributed by atoms with E-state index in [4.69, 9.17) is 4.74 Å². The smallest absolute Gasteiger partial charge is 0.325 e. The molecule has 0 atom stereocenters. The minimum absolute atomic E-state index is 0.213. The van der Waals surface area contributed by atoms with E-state index in [1.807, 2.05) is 0 Å². The van der Waals surface area contributed by atoms with Crippen LogP contribution in [-0.2, 0) is 20.9 Å². The van der Waals surface area contributed by atoms with Gasteiger partial charge in [0.15, 0.2) is 0 Å². The zero-order valence-electron chi connectivity index (χ0n) is 14.9. The van der Waals surface area contributed by atoms with E-state index in [-0.39, 0.29) is 17.3 Å². The van der Waals surface area contributed by atoms with Gasteiger partial charge in [0, 0.05) is 0 Å². The van der Waals surface area contributed by atoms with Gasteiger partial charge in [-0.25, -0.2) is 4.39 Å². The Morgan fingerprint density at radius 2 is 1.93 bits per heavy atom. The largest absolute Gasteiger partial charge is 0.489 e. The van der Waals surface area contributed by atoms with Gasteiger partial charge in [0.05, 0.1) is 12.0 Å². The molecule has 0 radical (unpaired) electrons. The molecular weight excluding hydrogens is 385 g/mol. The molecule has 1 aliphatic rings. The molecule has 0 bridgehead atoms. The van der Waals surface area contributed by atoms with E-state index in [2.05, 4.69) is 4.74 Å². The lowest BCUT2D eigenvalue weighted by Gasteiger charge is -2.09. The summed E-state index contributed by atoms with van der Waals surface area (Å²) >= 11 is 0.761. The summed E-state index contributed by atoms with van der Waals surface area (Å²) in [5.41, 5.74) is 1.48. The Morgan fingerprint density at radius 3 is 2.64 bits per heavy atom. The molecule has 8 heteroatoms. The van der Waals surface area contributed by atoms with Crippen LogP contribution in [0.1, 0.15) is 11.1 Å². The maximum Gasteiger partial charge on any atom is 0.325 e. The minimum Gasteiger partial charge on any atom is -0.489 e. The summed E-state index contributed by atoms with van der Waals surface area (Å²) in [6, 6.07) is 13.0. The SMILES string of the molecule is COC(=O)CN1C(=O)S/C(=C\c2cccc(OCc3ccc(F)cc3)c2)C1=O. The first-order valence-corrected chi connectivity index (χ1v) is 9.07. The Bertz CT molecular complexity index is 942. The summed E-state index contributed by atoms with van der Waals surface area (Å²) in [5.74, 6) is -0.962. The molecule has 0 saturated carbocycles. The summed E-state index contributed by atoms with van der Waals surface area (Å²) in [5, 5.41) is -0.523. The summed E-state index contributed by atoms with van der Waals surface area (Å²) in [4.78, 5) is 36.7. The summed E-state index contributed by atoms with van der Waals surface area (Å²) in [6.07, 6.45) is 1.56. The minimum atomic E-state index is -0.667. The molecule has 0 aromatic heterocycles. The number of nitrogens with zero attached hydrogens (tertiary/aromatic N) is 1. The average molecular weight is 401 g/mol. The molecule has 1 aliphatic heterocycles. The van der Waals surface area contributed by atoms with Crippen molar-refractivity contribution in [1.82, 2.24) is 4.90 Å². The molecule has 6 nitrogen and oxygen atoms in total. The van der Waals surface area contributed by atoms with E-state index in [1.165, 1.54) is 19.2 Å². The van der Waals surface area contributed by atoms with E-state index < -0.39 is 23.7 Å². The number of carbonyl (C=O) groups is 3. The Morgan fingerprint density at radius 1 is 1.18 bits per heavy atom. The fourth-order valence-electron chi connectivity index (χ4n) is 2.42. The number of esters is 1. The van der Waals surface area contributed by atoms with Gasteiger partial charge in [0.2, 0.25) is 0 Å². The first kappa shape index (κ1) is 19.6. The topological polar surface area (TPSA) is 72.9 Å². The standard InChI is InChI=1S/C20H16FNO5S/c1-26-18(23)11-22-19(24)17(28-20(22)25)10-14-3-2-4-16(9-14)27-12-13-5-7-15(21)8-6-13/h2-10H,11-12H2,1H3/b17-10-. The van der Waals surface area contributed by atoms with E-state index in [9.17, 15) is 18.8 Å². The fourth-order valence-corrected chi connectivity index (χ4v) is 3.26. The molecule has 1 heterocycles. The Labute approximate surface area is 164 Å². The number of carbonyl (C=O) groups excluding carboxylic acids is 3. The van der Waals surface area contributed by atoms with Crippen molar-refractivity contribution in [3.63, 3.8) is 0 Å². The maximum absolute atomic E-state index is 12.9. The lowest BCUT2D eigenvalue weighted by atomic mass is 10.2. The second-order valence-electron chi connectivity index (χ2n) is 5.83. The number of methoxy groups -OCH3 is 1. The molecule has 2 aromatic rings. The highest BCUT2D eigenvalue weighted by atomic mass is 32.2. The quantitative estimate of drug-likeness (QED) is 0.544. The number of rotatable bonds is 6. The van der Waals surface area contributed by atoms with Crippen molar-refractivity contribution < 1.29 is 28.2 Å². The van der Waals surface area contributed by atoms with Crippen LogP contribution in [0.3, 0.4) is 0 Å².